The quantitative estimate of drug-likeness (QED) is 0.777. The van der Waals surface area contributed by atoms with Crippen LogP contribution in [-0.2, 0) is 0 Å². The van der Waals surface area contributed by atoms with Gasteiger partial charge in [0.15, 0.2) is 0 Å². The van der Waals surface area contributed by atoms with E-state index in [0.29, 0.717) is 0 Å². The van der Waals surface area contributed by atoms with Crippen LogP contribution in [0.15, 0.2) is 0 Å². The molecule has 0 aromatic heterocycles. The molecule has 1 aliphatic carbocycles. The van der Waals surface area contributed by atoms with Crippen LogP contribution in [-0.4, -0.2) is 45.1 Å². The summed E-state index contributed by atoms with van der Waals surface area (Å²) >= 11 is 0. The molecule has 102 valence electrons. The van der Waals surface area contributed by atoms with Gasteiger partial charge >= 0.3 is 0 Å². The highest BCUT2D eigenvalue weighted by atomic mass is 19.3. The molecule has 1 rings (SSSR count). The molecular weight excluding hydrogens is 222 g/mol. The smallest absolute Gasteiger partial charge is 0.251 e. The lowest BCUT2D eigenvalue weighted by molar-refractivity contribution is 0.0509. The summed E-state index contributed by atoms with van der Waals surface area (Å²) in [6.07, 6.45) is 2.59. The van der Waals surface area contributed by atoms with Crippen molar-refractivity contribution in [2.45, 2.75) is 39.0 Å². The summed E-state index contributed by atoms with van der Waals surface area (Å²) < 4.78 is 24.7. The first-order valence-electron chi connectivity index (χ1n) is 6.59. The SMILES string of the molecule is CNCC1(CN(C)CC(F)F)CCCC(C)C1. The van der Waals surface area contributed by atoms with Crippen molar-refractivity contribution in [1.29, 1.82) is 0 Å². The molecule has 0 bridgehead atoms. The van der Waals surface area contributed by atoms with Gasteiger partial charge in [0.25, 0.3) is 6.43 Å². The molecule has 2 nitrogen and oxygen atoms in total. The van der Waals surface area contributed by atoms with Crippen LogP contribution < -0.4 is 5.32 Å². The Morgan fingerprint density at radius 1 is 1.47 bits per heavy atom. The minimum Gasteiger partial charge on any atom is -0.319 e. The van der Waals surface area contributed by atoms with Crippen LogP contribution in [0.3, 0.4) is 0 Å². The summed E-state index contributed by atoms with van der Waals surface area (Å²) in [5.74, 6) is 0.719. The maximum Gasteiger partial charge on any atom is 0.251 e. The second kappa shape index (κ2) is 6.64. The molecular formula is C13H26F2N2. The first-order valence-corrected chi connectivity index (χ1v) is 6.59. The number of nitrogens with one attached hydrogen (secondary N) is 1. The summed E-state index contributed by atoms with van der Waals surface area (Å²) in [5.41, 5.74) is 0.191. The Morgan fingerprint density at radius 3 is 2.71 bits per heavy atom. The normalized spacial score (nSPS) is 30.2. The van der Waals surface area contributed by atoms with E-state index in [2.05, 4.69) is 12.2 Å². The van der Waals surface area contributed by atoms with Crippen molar-refractivity contribution in [1.82, 2.24) is 10.2 Å². The molecule has 2 atom stereocenters. The van der Waals surface area contributed by atoms with Crippen LogP contribution in [0.1, 0.15) is 32.6 Å². The lowest BCUT2D eigenvalue weighted by Crippen LogP contribution is -2.46. The Balaban J connectivity index is 2.57. The second-order valence-corrected chi connectivity index (χ2v) is 5.82. The standard InChI is InChI=1S/C13H26F2N2/c1-11-5-4-6-13(7-11,9-16-2)10-17(3)8-12(14)15/h11-12,16H,4-10H2,1-3H3. The highest BCUT2D eigenvalue weighted by Crippen LogP contribution is 2.39. The van der Waals surface area contributed by atoms with Crippen LogP contribution in [0, 0.1) is 11.3 Å². The number of hydrogen-bond donors (Lipinski definition) is 1. The minimum atomic E-state index is -2.23. The van der Waals surface area contributed by atoms with Gasteiger partial charge in [-0.3, -0.25) is 0 Å². The van der Waals surface area contributed by atoms with E-state index in [4.69, 9.17) is 0 Å². The highest BCUT2D eigenvalue weighted by Gasteiger charge is 2.35. The van der Waals surface area contributed by atoms with E-state index in [9.17, 15) is 8.78 Å². The predicted octanol–water partition coefficient (Wildman–Crippen LogP) is 2.60. The van der Waals surface area contributed by atoms with Gasteiger partial charge in [-0.05, 0) is 38.3 Å². The van der Waals surface area contributed by atoms with Gasteiger partial charge in [0.05, 0.1) is 6.54 Å². The van der Waals surface area contributed by atoms with E-state index in [1.54, 1.807) is 4.90 Å². The van der Waals surface area contributed by atoms with Crippen molar-refractivity contribution >= 4 is 0 Å². The summed E-state index contributed by atoms with van der Waals surface area (Å²) in [7, 11) is 3.76. The summed E-state index contributed by atoms with van der Waals surface area (Å²) in [6.45, 7) is 3.88. The summed E-state index contributed by atoms with van der Waals surface area (Å²) in [4.78, 5) is 1.79. The molecule has 1 saturated carbocycles. The zero-order chi connectivity index (χ0) is 12.9. The molecule has 1 aliphatic rings. The second-order valence-electron chi connectivity index (χ2n) is 5.82. The van der Waals surface area contributed by atoms with Gasteiger partial charge in [-0.2, -0.15) is 0 Å². The van der Waals surface area contributed by atoms with Crippen LogP contribution >= 0.6 is 0 Å². The largest absolute Gasteiger partial charge is 0.319 e. The van der Waals surface area contributed by atoms with Crippen LogP contribution in [0.4, 0.5) is 8.78 Å². The average Bonchev–Trinajstić information content (AvgIpc) is 2.15. The molecule has 0 radical (unpaired) electrons. The Hall–Kier alpha value is -0.220. The fourth-order valence-electron chi connectivity index (χ4n) is 3.38. The zero-order valence-corrected chi connectivity index (χ0v) is 11.3. The average molecular weight is 248 g/mol. The Bertz CT molecular complexity index is 219. The topological polar surface area (TPSA) is 15.3 Å². The van der Waals surface area contributed by atoms with Gasteiger partial charge in [0.1, 0.15) is 0 Å². The molecule has 1 N–H and O–H groups in total. The summed E-state index contributed by atoms with van der Waals surface area (Å²) in [6, 6.07) is 0. The molecule has 0 aromatic carbocycles. The first kappa shape index (κ1) is 14.8. The lowest BCUT2D eigenvalue weighted by Gasteiger charge is -2.42. The lowest BCUT2D eigenvalue weighted by atomic mass is 9.69. The van der Waals surface area contributed by atoms with E-state index in [0.717, 1.165) is 31.8 Å². The van der Waals surface area contributed by atoms with Gasteiger partial charge < -0.3 is 10.2 Å². The van der Waals surface area contributed by atoms with Crippen molar-refractivity contribution in [2.75, 3.05) is 33.7 Å². The molecule has 0 heterocycles. The van der Waals surface area contributed by atoms with Gasteiger partial charge in [0.2, 0.25) is 0 Å². The fourth-order valence-corrected chi connectivity index (χ4v) is 3.38. The third-order valence-electron chi connectivity index (χ3n) is 3.79. The van der Waals surface area contributed by atoms with E-state index < -0.39 is 6.43 Å². The van der Waals surface area contributed by atoms with Gasteiger partial charge in [0, 0.05) is 13.1 Å². The molecule has 0 saturated heterocycles. The van der Waals surface area contributed by atoms with Crippen molar-refractivity contribution in [3.8, 4) is 0 Å². The number of halogens is 2. The molecule has 2 unspecified atom stereocenters. The molecule has 0 spiro atoms. The number of nitrogens with zero attached hydrogens (tertiary/aromatic N) is 1. The zero-order valence-electron chi connectivity index (χ0n) is 11.3. The Kier molecular flexibility index (Phi) is 5.80. The molecule has 4 heteroatoms. The fraction of sp³-hybridized carbons (Fsp3) is 1.00. The van der Waals surface area contributed by atoms with E-state index in [-0.39, 0.29) is 12.0 Å². The molecule has 1 fully saturated rings. The summed E-state index contributed by atoms with van der Waals surface area (Å²) in [5, 5.41) is 3.24. The first-order chi connectivity index (χ1) is 7.97. The monoisotopic (exact) mass is 248 g/mol. The molecule has 17 heavy (non-hydrogen) atoms. The maximum atomic E-state index is 12.4. The third kappa shape index (κ3) is 4.88. The van der Waals surface area contributed by atoms with Gasteiger partial charge in [-0.25, -0.2) is 8.78 Å². The third-order valence-corrected chi connectivity index (χ3v) is 3.79. The van der Waals surface area contributed by atoms with Crippen molar-refractivity contribution < 1.29 is 8.78 Å². The minimum absolute atomic E-state index is 0.111. The number of alkyl halides is 2. The van der Waals surface area contributed by atoms with Gasteiger partial charge in [-0.15, -0.1) is 0 Å². The number of hydrogen-bond acceptors (Lipinski definition) is 2. The number of rotatable bonds is 6. The maximum absolute atomic E-state index is 12.4. The predicted molar refractivity (Wildman–Crippen MR) is 67.5 cm³/mol. The van der Waals surface area contributed by atoms with Crippen molar-refractivity contribution in [3.05, 3.63) is 0 Å². The van der Waals surface area contributed by atoms with E-state index >= 15 is 0 Å². The molecule has 0 amide bonds. The molecule has 0 aromatic rings. The Labute approximate surface area is 104 Å². The van der Waals surface area contributed by atoms with Gasteiger partial charge in [-0.1, -0.05) is 19.8 Å². The van der Waals surface area contributed by atoms with Crippen molar-refractivity contribution in [3.63, 3.8) is 0 Å². The Morgan fingerprint density at radius 2 is 2.18 bits per heavy atom. The highest BCUT2D eigenvalue weighted by molar-refractivity contribution is 4.89. The van der Waals surface area contributed by atoms with Crippen molar-refractivity contribution in [2.24, 2.45) is 11.3 Å². The van der Waals surface area contributed by atoms with Crippen LogP contribution in [0.5, 0.6) is 0 Å². The van der Waals surface area contributed by atoms with Crippen LogP contribution in [0.25, 0.3) is 0 Å². The van der Waals surface area contributed by atoms with Crippen LogP contribution in [0.2, 0.25) is 0 Å². The van der Waals surface area contributed by atoms with E-state index in [1.165, 1.54) is 12.8 Å². The molecule has 0 aliphatic heterocycles. The van der Waals surface area contributed by atoms with E-state index in [1.807, 2.05) is 14.1 Å².